The van der Waals surface area contributed by atoms with Crippen molar-refractivity contribution in [2.24, 2.45) is 5.92 Å². The van der Waals surface area contributed by atoms with E-state index >= 15 is 0 Å². The van der Waals surface area contributed by atoms with Crippen LogP contribution in [-0.4, -0.2) is 49.4 Å². The van der Waals surface area contributed by atoms with Gasteiger partial charge in [-0.25, -0.2) is 0 Å². The number of aromatic nitrogens is 1. The van der Waals surface area contributed by atoms with Gasteiger partial charge in [0.1, 0.15) is 0 Å². The number of likely N-dealkylation sites (tertiary alicyclic amines) is 1. The normalized spacial score (nSPS) is 26.3. The van der Waals surface area contributed by atoms with Gasteiger partial charge in [0.05, 0.1) is 38.2 Å². The van der Waals surface area contributed by atoms with E-state index in [9.17, 15) is 0 Å². The number of piperidine rings is 1. The van der Waals surface area contributed by atoms with E-state index in [4.69, 9.17) is 9.47 Å². The Kier molecular flexibility index (Phi) is 5.01. The molecule has 2 aliphatic rings. The van der Waals surface area contributed by atoms with Crippen molar-refractivity contribution in [1.82, 2.24) is 9.88 Å². The lowest BCUT2D eigenvalue weighted by molar-refractivity contribution is 0.0680. The second-order valence-electron chi connectivity index (χ2n) is 5.78. The summed E-state index contributed by atoms with van der Waals surface area (Å²) in [6, 6.07) is 6.70. The highest BCUT2D eigenvalue weighted by molar-refractivity contribution is 5.09. The molecule has 0 spiro atoms. The van der Waals surface area contributed by atoms with Crippen molar-refractivity contribution in [2.45, 2.75) is 25.3 Å². The summed E-state index contributed by atoms with van der Waals surface area (Å²) >= 11 is 0. The van der Waals surface area contributed by atoms with E-state index < -0.39 is 0 Å². The van der Waals surface area contributed by atoms with E-state index in [0.717, 1.165) is 39.5 Å². The molecule has 1 atom stereocenters. The Labute approximate surface area is 121 Å². The zero-order chi connectivity index (χ0) is 13.6. The first-order chi connectivity index (χ1) is 9.93. The van der Waals surface area contributed by atoms with E-state index in [1.54, 1.807) is 0 Å². The minimum absolute atomic E-state index is 0.466. The van der Waals surface area contributed by atoms with Gasteiger partial charge in [0, 0.05) is 18.7 Å². The van der Waals surface area contributed by atoms with Crippen molar-refractivity contribution in [1.29, 1.82) is 0 Å². The molecule has 0 saturated carbocycles. The van der Waals surface area contributed by atoms with Gasteiger partial charge in [0.25, 0.3) is 0 Å². The third kappa shape index (κ3) is 3.57. The van der Waals surface area contributed by atoms with Crippen LogP contribution in [0.2, 0.25) is 0 Å². The molecule has 1 aromatic rings. The molecule has 2 aliphatic heterocycles. The maximum atomic E-state index is 5.62. The molecule has 2 saturated heterocycles. The van der Waals surface area contributed by atoms with E-state index in [0.29, 0.717) is 12.0 Å². The zero-order valence-corrected chi connectivity index (χ0v) is 12.0. The summed E-state index contributed by atoms with van der Waals surface area (Å²) in [4.78, 5) is 7.14. The highest BCUT2D eigenvalue weighted by Gasteiger charge is 2.27. The van der Waals surface area contributed by atoms with Crippen molar-refractivity contribution >= 4 is 0 Å². The summed E-state index contributed by atoms with van der Waals surface area (Å²) in [6.45, 7) is 5.34. The maximum absolute atomic E-state index is 5.62. The van der Waals surface area contributed by atoms with Gasteiger partial charge in [-0.15, -0.1) is 0 Å². The predicted molar refractivity (Wildman–Crippen MR) is 77.5 cm³/mol. The number of nitrogens with zero attached hydrogens (tertiary/aromatic N) is 2. The Morgan fingerprint density at radius 3 is 2.75 bits per heavy atom. The fourth-order valence-corrected chi connectivity index (χ4v) is 3.22. The molecule has 4 nitrogen and oxygen atoms in total. The van der Waals surface area contributed by atoms with Gasteiger partial charge in [-0.1, -0.05) is 12.5 Å². The molecule has 0 bridgehead atoms. The van der Waals surface area contributed by atoms with Crippen molar-refractivity contribution in [3.63, 3.8) is 0 Å². The number of rotatable bonds is 3. The Morgan fingerprint density at radius 2 is 2.00 bits per heavy atom. The van der Waals surface area contributed by atoms with E-state index in [1.165, 1.54) is 25.0 Å². The maximum Gasteiger partial charge on any atom is 0.0700 e. The van der Waals surface area contributed by atoms with Crippen molar-refractivity contribution in [3.8, 4) is 0 Å². The molecule has 20 heavy (non-hydrogen) atoms. The number of hydrogen-bond donors (Lipinski definition) is 0. The highest BCUT2D eigenvalue weighted by atomic mass is 16.5. The second kappa shape index (κ2) is 7.16. The molecule has 0 aromatic carbocycles. The minimum Gasteiger partial charge on any atom is -0.379 e. The quantitative estimate of drug-likeness (QED) is 0.848. The number of hydrogen-bond acceptors (Lipinski definition) is 4. The largest absolute Gasteiger partial charge is 0.379 e. The Hall–Kier alpha value is -0.970. The minimum atomic E-state index is 0.466. The summed E-state index contributed by atoms with van der Waals surface area (Å²) < 4.78 is 11.2. The van der Waals surface area contributed by atoms with Crippen LogP contribution in [0.4, 0.5) is 0 Å². The number of ether oxygens (including phenoxy) is 2. The monoisotopic (exact) mass is 276 g/mol. The second-order valence-corrected chi connectivity index (χ2v) is 5.78. The van der Waals surface area contributed by atoms with E-state index in [1.807, 2.05) is 12.3 Å². The van der Waals surface area contributed by atoms with Crippen LogP contribution in [0.5, 0.6) is 0 Å². The van der Waals surface area contributed by atoms with Crippen molar-refractivity contribution < 1.29 is 9.47 Å². The third-order valence-electron chi connectivity index (χ3n) is 4.21. The lowest BCUT2D eigenvalue weighted by Crippen LogP contribution is -2.39. The standard InChI is InChI=1S/C16H24N2O2/c1-3-7-17-15(5-1)16-6-2-4-8-18(16)11-14-12-19-9-10-20-13-14/h1,3,5,7,14,16H,2,4,6,8-13H2. The van der Waals surface area contributed by atoms with Gasteiger partial charge >= 0.3 is 0 Å². The van der Waals surface area contributed by atoms with Gasteiger partial charge in [-0.05, 0) is 31.5 Å². The fourth-order valence-electron chi connectivity index (χ4n) is 3.22. The molecule has 4 heteroatoms. The van der Waals surface area contributed by atoms with Crippen LogP contribution >= 0.6 is 0 Å². The summed E-state index contributed by atoms with van der Waals surface area (Å²) in [5.74, 6) is 0.488. The highest BCUT2D eigenvalue weighted by Crippen LogP contribution is 2.30. The molecule has 3 heterocycles. The molecule has 0 amide bonds. The summed E-state index contributed by atoms with van der Waals surface area (Å²) in [7, 11) is 0. The predicted octanol–water partition coefficient (Wildman–Crippen LogP) is 2.27. The fraction of sp³-hybridized carbons (Fsp3) is 0.688. The van der Waals surface area contributed by atoms with Gasteiger partial charge < -0.3 is 9.47 Å². The van der Waals surface area contributed by atoms with Crippen LogP contribution in [0.25, 0.3) is 0 Å². The third-order valence-corrected chi connectivity index (χ3v) is 4.21. The Balaban J connectivity index is 1.66. The van der Waals surface area contributed by atoms with Crippen molar-refractivity contribution in [3.05, 3.63) is 30.1 Å². The topological polar surface area (TPSA) is 34.6 Å². The van der Waals surface area contributed by atoms with E-state index in [-0.39, 0.29) is 0 Å². The lowest BCUT2D eigenvalue weighted by Gasteiger charge is -2.37. The van der Waals surface area contributed by atoms with Gasteiger partial charge in [0.2, 0.25) is 0 Å². The lowest BCUT2D eigenvalue weighted by atomic mass is 9.97. The molecule has 0 aliphatic carbocycles. The molecule has 2 fully saturated rings. The van der Waals surface area contributed by atoms with Crippen LogP contribution in [-0.2, 0) is 9.47 Å². The molecule has 0 N–H and O–H groups in total. The Morgan fingerprint density at radius 1 is 1.15 bits per heavy atom. The Bertz CT molecular complexity index is 391. The average molecular weight is 276 g/mol. The molecule has 0 radical (unpaired) electrons. The average Bonchev–Trinajstić information content (AvgIpc) is 2.77. The van der Waals surface area contributed by atoms with Crippen LogP contribution in [0.15, 0.2) is 24.4 Å². The van der Waals surface area contributed by atoms with Gasteiger partial charge in [-0.2, -0.15) is 0 Å². The van der Waals surface area contributed by atoms with Gasteiger partial charge in [-0.3, -0.25) is 9.88 Å². The van der Waals surface area contributed by atoms with Crippen LogP contribution in [0.1, 0.15) is 31.0 Å². The smallest absolute Gasteiger partial charge is 0.0700 e. The van der Waals surface area contributed by atoms with E-state index in [2.05, 4.69) is 22.0 Å². The zero-order valence-electron chi connectivity index (χ0n) is 12.0. The summed E-state index contributed by atoms with van der Waals surface area (Å²) in [6.07, 6.45) is 5.71. The SMILES string of the molecule is c1ccc(C2CCCCN2CC2COCCOC2)nc1. The first-order valence-corrected chi connectivity index (χ1v) is 7.74. The summed E-state index contributed by atoms with van der Waals surface area (Å²) in [5, 5.41) is 0. The molecular formula is C16H24N2O2. The molecular weight excluding hydrogens is 252 g/mol. The molecule has 1 aromatic heterocycles. The number of pyridine rings is 1. The first-order valence-electron chi connectivity index (χ1n) is 7.74. The van der Waals surface area contributed by atoms with Crippen LogP contribution in [0.3, 0.4) is 0 Å². The molecule has 110 valence electrons. The molecule has 3 rings (SSSR count). The van der Waals surface area contributed by atoms with Crippen LogP contribution < -0.4 is 0 Å². The summed E-state index contributed by atoms with van der Waals surface area (Å²) in [5.41, 5.74) is 1.21. The first kappa shape index (κ1) is 14.0. The van der Waals surface area contributed by atoms with Crippen molar-refractivity contribution in [2.75, 3.05) is 39.5 Å². The van der Waals surface area contributed by atoms with Gasteiger partial charge in [0.15, 0.2) is 0 Å². The molecule has 1 unspecified atom stereocenters. The van der Waals surface area contributed by atoms with Crippen LogP contribution in [0, 0.1) is 5.92 Å².